The first kappa shape index (κ1) is 28.4. The Bertz CT molecular complexity index is 1100. The van der Waals surface area contributed by atoms with Crippen molar-refractivity contribution in [2.24, 2.45) is 0 Å². The second-order valence-electron chi connectivity index (χ2n) is 9.88. The van der Waals surface area contributed by atoms with Gasteiger partial charge in [-0.2, -0.15) is 0 Å². The van der Waals surface area contributed by atoms with Gasteiger partial charge in [0.2, 0.25) is 0 Å². The minimum atomic E-state index is -3.69. The van der Waals surface area contributed by atoms with Gasteiger partial charge in [-0.25, -0.2) is 0 Å². The van der Waals surface area contributed by atoms with E-state index in [9.17, 15) is 9.67 Å². The van der Waals surface area contributed by atoms with E-state index in [0.29, 0.717) is 0 Å². The lowest BCUT2D eigenvalue weighted by atomic mass is 9.80. The average molecular weight is 537 g/mol. The minimum absolute atomic E-state index is 0.0179. The van der Waals surface area contributed by atoms with Crippen LogP contribution < -0.4 is 0 Å². The average Bonchev–Trinajstić information content (AvgIpc) is 2.91. The van der Waals surface area contributed by atoms with Crippen molar-refractivity contribution in [3.05, 3.63) is 120 Å². The molecule has 0 saturated heterocycles. The van der Waals surface area contributed by atoms with Crippen molar-refractivity contribution in [2.75, 3.05) is 6.61 Å². The molecule has 0 fully saturated rings. The van der Waals surface area contributed by atoms with Crippen LogP contribution in [0.3, 0.4) is 0 Å². The van der Waals surface area contributed by atoms with Gasteiger partial charge < -0.3 is 23.6 Å². The monoisotopic (exact) mass is 536 g/mol. The fourth-order valence-corrected chi connectivity index (χ4v) is 6.74. The van der Waals surface area contributed by atoms with Gasteiger partial charge in [0.1, 0.15) is 17.8 Å². The summed E-state index contributed by atoms with van der Waals surface area (Å²) in [6.45, 7) is 7.21. The summed E-state index contributed by atoms with van der Waals surface area (Å²) in [4.78, 5) is 0. The summed E-state index contributed by atoms with van der Waals surface area (Å²) < 4.78 is 38.3. The highest BCUT2D eigenvalue weighted by atomic mass is 31.2. The molecule has 0 spiro atoms. The molecule has 0 amide bonds. The number of aliphatic hydroxyl groups is 1. The van der Waals surface area contributed by atoms with Gasteiger partial charge in [-0.15, -0.1) is 0 Å². The molecule has 1 heterocycles. The first-order valence-corrected chi connectivity index (χ1v) is 14.6. The molecule has 0 aliphatic carbocycles. The summed E-state index contributed by atoms with van der Waals surface area (Å²) in [5.41, 5.74) is 1.83. The molecule has 1 N–H and O–H groups in total. The molecule has 1 aliphatic rings. The largest absolute Gasteiger partial charge is 0.386 e. The standard InChI is InChI=1S/C31H37O6P/c1-23(2)36-38(33,37-24(3)4)30-21-20-28(32)29(35-30)22-34-31(25-14-8-5-9-15-25,26-16-10-6-11-17-26)27-18-12-7-13-19-27/h5-21,23-24,28-30,32H,22H2,1-4H3/t28-,29+,30-/m0/s1. The molecule has 0 radical (unpaired) electrons. The van der Waals surface area contributed by atoms with Crippen molar-refractivity contribution >= 4 is 7.60 Å². The highest BCUT2D eigenvalue weighted by molar-refractivity contribution is 7.54. The van der Waals surface area contributed by atoms with Crippen LogP contribution in [0.5, 0.6) is 0 Å². The molecule has 4 rings (SSSR count). The molecule has 7 heteroatoms. The molecule has 0 aromatic heterocycles. The highest BCUT2D eigenvalue weighted by Gasteiger charge is 2.44. The second kappa shape index (κ2) is 12.5. The molecule has 0 unspecified atom stereocenters. The third-order valence-electron chi connectivity index (χ3n) is 6.20. The Balaban J connectivity index is 1.70. The van der Waals surface area contributed by atoms with Gasteiger partial charge in [-0.1, -0.05) is 97.1 Å². The van der Waals surface area contributed by atoms with Gasteiger partial charge in [0.05, 0.1) is 18.8 Å². The molecule has 3 atom stereocenters. The predicted molar refractivity (Wildman–Crippen MR) is 149 cm³/mol. The van der Waals surface area contributed by atoms with E-state index in [0.717, 1.165) is 16.7 Å². The van der Waals surface area contributed by atoms with E-state index in [-0.39, 0.29) is 18.8 Å². The molecule has 202 valence electrons. The lowest BCUT2D eigenvalue weighted by molar-refractivity contribution is -0.108. The van der Waals surface area contributed by atoms with Crippen LogP contribution in [-0.4, -0.2) is 42.0 Å². The van der Waals surface area contributed by atoms with E-state index < -0.39 is 31.2 Å². The fourth-order valence-electron chi connectivity index (χ4n) is 4.66. The Kier molecular flexibility index (Phi) is 9.37. The van der Waals surface area contributed by atoms with Gasteiger partial charge >= 0.3 is 7.60 Å². The molecular formula is C31H37O6P. The summed E-state index contributed by atoms with van der Waals surface area (Å²) in [6.07, 6.45) is 0.710. The molecule has 3 aromatic carbocycles. The molecule has 0 bridgehead atoms. The first-order valence-electron chi connectivity index (χ1n) is 13.0. The summed E-state index contributed by atoms with van der Waals surface area (Å²) >= 11 is 0. The SMILES string of the molecule is CC(C)OP(=O)(OC(C)C)[C@H]1C=C[C@H](O)[C@@H](COC(c2ccccc2)(c2ccccc2)c2ccccc2)O1. The Morgan fingerprint density at radius 2 is 1.18 bits per heavy atom. The van der Waals surface area contributed by atoms with E-state index in [1.165, 1.54) is 0 Å². The van der Waals surface area contributed by atoms with Crippen molar-refractivity contribution in [3.63, 3.8) is 0 Å². The number of hydrogen-bond acceptors (Lipinski definition) is 6. The van der Waals surface area contributed by atoms with E-state index in [4.69, 9.17) is 18.5 Å². The van der Waals surface area contributed by atoms with Crippen molar-refractivity contribution in [2.45, 2.75) is 63.6 Å². The van der Waals surface area contributed by atoms with E-state index in [2.05, 4.69) is 0 Å². The molecule has 0 saturated carbocycles. The van der Waals surface area contributed by atoms with Gasteiger partial charge in [-0.05, 0) is 50.5 Å². The van der Waals surface area contributed by atoms with Gasteiger partial charge in [0.25, 0.3) is 0 Å². The van der Waals surface area contributed by atoms with Crippen LogP contribution in [0, 0.1) is 0 Å². The van der Waals surface area contributed by atoms with Crippen molar-refractivity contribution in [1.29, 1.82) is 0 Å². The maximum Gasteiger partial charge on any atom is 0.363 e. The Labute approximate surface area is 225 Å². The maximum absolute atomic E-state index is 13.8. The topological polar surface area (TPSA) is 74.2 Å². The molecule has 6 nitrogen and oxygen atoms in total. The van der Waals surface area contributed by atoms with Crippen LogP contribution in [0.15, 0.2) is 103 Å². The van der Waals surface area contributed by atoms with Crippen LogP contribution in [0.1, 0.15) is 44.4 Å². The highest BCUT2D eigenvalue weighted by Crippen LogP contribution is 2.57. The number of ether oxygens (including phenoxy) is 2. The van der Waals surface area contributed by atoms with Crippen LogP contribution in [0.25, 0.3) is 0 Å². The van der Waals surface area contributed by atoms with Gasteiger partial charge in [0, 0.05) is 0 Å². The summed E-state index contributed by atoms with van der Waals surface area (Å²) in [5, 5.41) is 10.9. The van der Waals surface area contributed by atoms with Crippen molar-refractivity contribution in [1.82, 2.24) is 0 Å². The Morgan fingerprint density at radius 3 is 1.58 bits per heavy atom. The molecular weight excluding hydrogens is 499 g/mol. The quantitative estimate of drug-likeness (QED) is 0.167. The van der Waals surface area contributed by atoms with E-state index in [1.54, 1.807) is 39.8 Å². The van der Waals surface area contributed by atoms with E-state index >= 15 is 0 Å². The maximum atomic E-state index is 13.8. The summed E-state index contributed by atoms with van der Waals surface area (Å²) in [6, 6.07) is 30.0. The lowest BCUT2D eigenvalue weighted by Gasteiger charge is -2.39. The minimum Gasteiger partial charge on any atom is -0.386 e. The normalized spacial score (nSPS) is 20.2. The number of aliphatic hydroxyl groups excluding tert-OH is 1. The molecule has 1 aliphatic heterocycles. The summed E-state index contributed by atoms with van der Waals surface area (Å²) in [7, 11) is -3.69. The first-order chi connectivity index (χ1) is 18.2. The zero-order chi connectivity index (χ0) is 27.2. The van der Waals surface area contributed by atoms with Crippen LogP contribution >= 0.6 is 7.60 Å². The predicted octanol–water partition coefficient (Wildman–Crippen LogP) is 6.68. The van der Waals surface area contributed by atoms with Crippen LogP contribution in [-0.2, 0) is 28.7 Å². The van der Waals surface area contributed by atoms with Crippen LogP contribution in [0.4, 0.5) is 0 Å². The molecule has 3 aromatic rings. The third kappa shape index (κ3) is 6.35. The zero-order valence-electron chi connectivity index (χ0n) is 22.3. The summed E-state index contributed by atoms with van der Waals surface area (Å²) in [5.74, 6) is -0.969. The smallest absolute Gasteiger partial charge is 0.363 e. The third-order valence-corrected chi connectivity index (χ3v) is 8.55. The van der Waals surface area contributed by atoms with Crippen molar-refractivity contribution < 1.29 is 28.2 Å². The van der Waals surface area contributed by atoms with Crippen LogP contribution in [0.2, 0.25) is 0 Å². The Morgan fingerprint density at radius 1 is 0.763 bits per heavy atom. The second-order valence-corrected chi connectivity index (χ2v) is 11.9. The van der Waals surface area contributed by atoms with Gasteiger partial charge in [-0.3, -0.25) is 4.57 Å². The van der Waals surface area contributed by atoms with E-state index in [1.807, 2.05) is 91.0 Å². The van der Waals surface area contributed by atoms with Gasteiger partial charge in [0.15, 0.2) is 5.85 Å². The number of rotatable bonds is 11. The Hall–Kier alpha value is -2.57. The van der Waals surface area contributed by atoms with Crippen molar-refractivity contribution in [3.8, 4) is 0 Å². The molecule has 38 heavy (non-hydrogen) atoms. The lowest BCUT2D eigenvalue weighted by Crippen LogP contribution is -2.43. The fraction of sp³-hybridized carbons (Fsp3) is 0.355. The number of hydrogen-bond donors (Lipinski definition) is 1. The number of benzene rings is 3. The zero-order valence-corrected chi connectivity index (χ0v) is 23.2.